The maximum Gasteiger partial charge on any atom is 0.414 e. The molecule has 0 spiro atoms. The minimum absolute atomic E-state index is 0.233. The summed E-state index contributed by atoms with van der Waals surface area (Å²) in [6.45, 7) is 2.75. The number of nitrogens with two attached hydrogens (primary N) is 1. The molecule has 1 aliphatic heterocycles. The average molecular weight is 263 g/mol. The summed E-state index contributed by atoms with van der Waals surface area (Å²) < 4.78 is 4.88. The molecule has 1 aromatic carbocycles. The van der Waals surface area contributed by atoms with Crippen molar-refractivity contribution >= 4 is 23.4 Å². The van der Waals surface area contributed by atoms with E-state index in [1.165, 1.54) is 4.90 Å². The molecular weight excluding hydrogens is 246 g/mol. The Hall–Kier alpha value is -2.08. The highest BCUT2D eigenvalue weighted by molar-refractivity contribution is 5.96. The van der Waals surface area contributed by atoms with Gasteiger partial charge in [0.15, 0.2) is 0 Å². The summed E-state index contributed by atoms with van der Waals surface area (Å²) in [7, 11) is 0. The van der Waals surface area contributed by atoms with Crippen molar-refractivity contribution < 1.29 is 14.3 Å². The number of anilines is 2. The van der Waals surface area contributed by atoms with E-state index in [2.05, 4.69) is 5.32 Å². The van der Waals surface area contributed by atoms with E-state index in [0.29, 0.717) is 30.9 Å². The van der Waals surface area contributed by atoms with Crippen LogP contribution in [-0.4, -0.2) is 31.2 Å². The molecule has 102 valence electrons. The fourth-order valence-corrected chi connectivity index (χ4v) is 1.80. The van der Waals surface area contributed by atoms with Gasteiger partial charge >= 0.3 is 6.09 Å². The normalized spacial score (nSPS) is 16.1. The number of nitrogens with one attached hydrogen (secondary N) is 1. The number of benzene rings is 1. The van der Waals surface area contributed by atoms with E-state index in [4.69, 9.17) is 10.5 Å². The predicted octanol–water partition coefficient (Wildman–Crippen LogP) is 1.32. The van der Waals surface area contributed by atoms with Crippen LogP contribution in [-0.2, 0) is 9.53 Å². The Balaban J connectivity index is 2.11. The number of carbonyl (C=O) groups excluding carboxylic acids is 2. The first kappa shape index (κ1) is 13.4. The molecule has 6 nitrogen and oxygen atoms in total. The fourth-order valence-electron chi connectivity index (χ4n) is 1.80. The van der Waals surface area contributed by atoms with Crippen molar-refractivity contribution in [1.82, 2.24) is 0 Å². The Bertz CT molecular complexity index is 490. The molecule has 0 bridgehead atoms. The van der Waals surface area contributed by atoms with Crippen LogP contribution in [0.2, 0.25) is 0 Å². The molecule has 19 heavy (non-hydrogen) atoms. The van der Waals surface area contributed by atoms with Gasteiger partial charge in [-0.2, -0.15) is 0 Å². The zero-order chi connectivity index (χ0) is 13.8. The van der Waals surface area contributed by atoms with Crippen LogP contribution in [0.4, 0.5) is 16.2 Å². The van der Waals surface area contributed by atoms with Crippen LogP contribution in [0.1, 0.15) is 13.3 Å². The van der Waals surface area contributed by atoms with E-state index in [9.17, 15) is 9.59 Å². The number of hydrogen-bond donors (Lipinski definition) is 2. The number of ether oxygens (including phenoxy) is 1. The molecule has 1 heterocycles. The molecule has 3 N–H and O–H groups in total. The minimum Gasteiger partial charge on any atom is -0.447 e. The lowest BCUT2D eigenvalue weighted by molar-refractivity contribution is -0.117. The van der Waals surface area contributed by atoms with Crippen LogP contribution in [0.25, 0.3) is 0 Å². The van der Waals surface area contributed by atoms with E-state index in [0.717, 1.165) is 0 Å². The quantitative estimate of drug-likeness (QED) is 0.858. The first-order chi connectivity index (χ1) is 9.11. The van der Waals surface area contributed by atoms with Crippen molar-refractivity contribution in [2.75, 3.05) is 23.4 Å². The zero-order valence-corrected chi connectivity index (χ0v) is 10.8. The lowest BCUT2D eigenvalue weighted by atomic mass is 10.2. The number of hydrogen-bond acceptors (Lipinski definition) is 4. The summed E-state index contributed by atoms with van der Waals surface area (Å²) in [6, 6.07) is 6.52. The Morgan fingerprint density at radius 2 is 2.37 bits per heavy atom. The van der Waals surface area contributed by atoms with Crippen molar-refractivity contribution in [1.29, 1.82) is 0 Å². The number of nitrogens with zero attached hydrogens (tertiary/aromatic N) is 1. The van der Waals surface area contributed by atoms with Crippen molar-refractivity contribution in [2.45, 2.75) is 19.4 Å². The fraction of sp³-hybridized carbons (Fsp3) is 0.385. The van der Waals surface area contributed by atoms with Gasteiger partial charge in [0.05, 0.1) is 12.6 Å². The molecule has 2 amide bonds. The van der Waals surface area contributed by atoms with E-state index in [-0.39, 0.29) is 12.0 Å². The van der Waals surface area contributed by atoms with Gasteiger partial charge in [-0.1, -0.05) is 13.0 Å². The Morgan fingerprint density at radius 1 is 1.58 bits per heavy atom. The van der Waals surface area contributed by atoms with Gasteiger partial charge in [0, 0.05) is 11.4 Å². The van der Waals surface area contributed by atoms with Gasteiger partial charge in [0.25, 0.3) is 0 Å². The van der Waals surface area contributed by atoms with Crippen LogP contribution in [0, 0.1) is 0 Å². The summed E-state index contributed by atoms with van der Waals surface area (Å²) in [5.74, 6) is -0.233. The number of rotatable bonds is 4. The number of cyclic esters (lactones) is 1. The van der Waals surface area contributed by atoms with Crippen molar-refractivity contribution in [3.05, 3.63) is 24.3 Å². The highest BCUT2D eigenvalue weighted by atomic mass is 16.6. The number of amides is 2. The van der Waals surface area contributed by atoms with Crippen LogP contribution >= 0.6 is 0 Å². The van der Waals surface area contributed by atoms with Crippen LogP contribution in [0.3, 0.4) is 0 Å². The SMILES string of the molecule is CCC(N)C(=O)Nc1cccc(N2CCOC2=O)c1. The van der Waals surface area contributed by atoms with Gasteiger partial charge in [-0.15, -0.1) is 0 Å². The zero-order valence-electron chi connectivity index (χ0n) is 10.8. The van der Waals surface area contributed by atoms with Crippen molar-refractivity contribution in [2.24, 2.45) is 5.73 Å². The summed E-state index contributed by atoms with van der Waals surface area (Å²) in [5.41, 5.74) is 6.97. The van der Waals surface area contributed by atoms with E-state index < -0.39 is 6.04 Å². The second-order valence-electron chi connectivity index (χ2n) is 4.32. The highest BCUT2D eigenvalue weighted by Gasteiger charge is 2.23. The van der Waals surface area contributed by atoms with Gasteiger partial charge in [0.1, 0.15) is 6.61 Å². The third-order valence-corrected chi connectivity index (χ3v) is 2.96. The van der Waals surface area contributed by atoms with Gasteiger partial charge < -0.3 is 15.8 Å². The smallest absolute Gasteiger partial charge is 0.414 e. The maximum absolute atomic E-state index is 11.7. The predicted molar refractivity (Wildman–Crippen MR) is 72.0 cm³/mol. The Labute approximate surface area is 111 Å². The molecule has 0 saturated carbocycles. The topological polar surface area (TPSA) is 84.7 Å². The minimum atomic E-state index is -0.527. The van der Waals surface area contributed by atoms with Gasteiger partial charge in [-0.3, -0.25) is 9.69 Å². The number of carbonyl (C=O) groups is 2. The molecule has 1 aliphatic rings. The second-order valence-corrected chi connectivity index (χ2v) is 4.32. The van der Waals surface area contributed by atoms with Gasteiger partial charge in [-0.05, 0) is 24.6 Å². The summed E-state index contributed by atoms with van der Waals surface area (Å²) in [6.07, 6.45) is 0.206. The Kier molecular flexibility index (Phi) is 4.01. The van der Waals surface area contributed by atoms with Crippen LogP contribution in [0.15, 0.2) is 24.3 Å². The molecular formula is C13H17N3O3. The first-order valence-corrected chi connectivity index (χ1v) is 6.22. The van der Waals surface area contributed by atoms with E-state index in [1.807, 2.05) is 6.92 Å². The van der Waals surface area contributed by atoms with Gasteiger partial charge in [0.2, 0.25) is 5.91 Å². The van der Waals surface area contributed by atoms with E-state index in [1.54, 1.807) is 24.3 Å². The van der Waals surface area contributed by atoms with Crippen LogP contribution in [0.5, 0.6) is 0 Å². The largest absolute Gasteiger partial charge is 0.447 e. The molecule has 1 aromatic rings. The van der Waals surface area contributed by atoms with Crippen LogP contribution < -0.4 is 16.0 Å². The third kappa shape index (κ3) is 3.03. The molecule has 1 saturated heterocycles. The Morgan fingerprint density at radius 3 is 3.00 bits per heavy atom. The summed E-state index contributed by atoms with van der Waals surface area (Å²) >= 11 is 0. The molecule has 0 aliphatic carbocycles. The summed E-state index contributed by atoms with van der Waals surface area (Å²) in [5, 5.41) is 2.73. The second kappa shape index (κ2) is 5.71. The monoisotopic (exact) mass is 263 g/mol. The standard InChI is InChI=1S/C13H17N3O3/c1-2-11(14)12(17)15-9-4-3-5-10(8-9)16-6-7-19-13(16)18/h3-5,8,11H,2,6-7,14H2,1H3,(H,15,17). The molecule has 6 heteroatoms. The summed E-state index contributed by atoms with van der Waals surface area (Å²) in [4.78, 5) is 24.7. The molecule has 1 unspecified atom stereocenters. The lowest BCUT2D eigenvalue weighted by Crippen LogP contribution is -2.34. The first-order valence-electron chi connectivity index (χ1n) is 6.22. The highest BCUT2D eigenvalue weighted by Crippen LogP contribution is 2.22. The average Bonchev–Trinajstić information content (AvgIpc) is 2.84. The molecule has 1 atom stereocenters. The maximum atomic E-state index is 11.7. The third-order valence-electron chi connectivity index (χ3n) is 2.96. The molecule has 0 radical (unpaired) electrons. The van der Waals surface area contributed by atoms with Gasteiger partial charge in [-0.25, -0.2) is 4.79 Å². The van der Waals surface area contributed by atoms with Crippen molar-refractivity contribution in [3.8, 4) is 0 Å². The van der Waals surface area contributed by atoms with E-state index >= 15 is 0 Å². The molecule has 2 rings (SSSR count). The molecule has 0 aromatic heterocycles. The lowest BCUT2D eigenvalue weighted by Gasteiger charge is -2.15. The molecule has 1 fully saturated rings. The van der Waals surface area contributed by atoms with Crippen molar-refractivity contribution in [3.63, 3.8) is 0 Å².